The summed E-state index contributed by atoms with van der Waals surface area (Å²) in [6, 6.07) is 6.46. The minimum atomic E-state index is -0.524. The van der Waals surface area contributed by atoms with E-state index in [0.717, 1.165) is 0 Å². The lowest BCUT2D eigenvalue weighted by atomic mass is 10.2. The smallest absolute Gasteiger partial charge is 0.341 e. The maximum Gasteiger partial charge on any atom is 0.341 e. The first-order valence-electron chi connectivity index (χ1n) is 4.48. The number of hydrogen-bond acceptors (Lipinski definition) is 5. The van der Waals surface area contributed by atoms with Crippen molar-refractivity contribution >= 4 is 11.9 Å². The van der Waals surface area contributed by atoms with Gasteiger partial charge in [0.2, 0.25) is 0 Å². The van der Waals surface area contributed by atoms with Gasteiger partial charge in [-0.1, -0.05) is 12.1 Å². The Morgan fingerprint density at radius 2 is 2.06 bits per heavy atom. The number of nitrogens with two attached hydrogens (primary N) is 1. The number of carbonyl (C=O) groups excluding carboxylic acids is 2. The summed E-state index contributed by atoms with van der Waals surface area (Å²) in [6.45, 7) is -0.259. The van der Waals surface area contributed by atoms with Crippen molar-refractivity contribution in [3.8, 4) is 5.75 Å². The zero-order chi connectivity index (χ0) is 12.0. The maximum atomic E-state index is 11.3. The van der Waals surface area contributed by atoms with Crippen LogP contribution in [0, 0.1) is 0 Å². The van der Waals surface area contributed by atoms with Crippen molar-refractivity contribution in [3.05, 3.63) is 29.8 Å². The molecule has 16 heavy (non-hydrogen) atoms. The molecule has 0 bridgehead atoms. The van der Waals surface area contributed by atoms with Crippen LogP contribution in [0.3, 0.4) is 0 Å². The molecule has 0 aromatic heterocycles. The van der Waals surface area contributed by atoms with Gasteiger partial charge in [-0.2, -0.15) is 0 Å². The van der Waals surface area contributed by atoms with E-state index in [4.69, 9.17) is 10.6 Å². The molecule has 1 amide bonds. The second-order valence-electron chi connectivity index (χ2n) is 2.84. The van der Waals surface area contributed by atoms with E-state index in [1.807, 2.05) is 5.43 Å². The molecule has 0 fully saturated rings. The Morgan fingerprint density at radius 1 is 1.38 bits per heavy atom. The van der Waals surface area contributed by atoms with Gasteiger partial charge in [0.05, 0.1) is 7.11 Å². The summed E-state index contributed by atoms with van der Waals surface area (Å²) >= 11 is 0. The van der Waals surface area contributed by atoms with Gasteiger partial charge in [0.1, 0.15) is 11.3 Å². The van der Waals surface area contributed by atoms with Crippen LogP contribution in [0.1, 0.15) is 10.4 Å². The van der Waals surface area contributed by atoms with Crippen LogP contribution in [0.25, 0.3) is 0 Å². The summed E-state index contributed by atoms with van der Waals surface area (Å²) in [7, 11) is 1.27. The number of rotatable bonds is 4. The van der Waals surface area contributed by atoms with Crippen LogP contribution in [0.5, 0.6) is 5.75 Å². The Kier molecular flexibility index (Phi) is 4.28. The number of nitrogens with one attached hydrogen (secondary N) is 1. The van der Waals surface area contributed by atoms with E-state index in [1.165, 1.54) is 7.11 Å². The molecule has 6 heteroatoms. The lowest BCUT2D eigenvalue weighted by Gasteiger charge is -2.08. The summed E-state index contributed by atoms with van der Waals surface area (Å²) in [5.41, 5.74) is 2.18. The van der Waals surface area contributed by atoms with Gasteiger partial charge in [0.15, 0.2) is 6.61 Å². The summed E-state index contributed by atoms with van der Waals surface area (Å²) < 4.78 is 9.69. The quantitative estimate of drug-likeness (QED) is 0.321. The highest BCUT2D eigenvalue weighted by Gasteiger charge is 2.12. The summed E-state index contributed by atoms with van der Waals surface area (Å²) in [4.78, 5) is 22.2. The predicted molar refractivity (Wildman–Crippen MR) is 55.6 cm³/mol. The van der Waals surface area contributed by atoms with Crippen molar-refractivity contribution in [1.82, 2.24) is 5.43 Å². The topological polar surface area (TPSA) is 90.6 Å². The molecule has 1 rings (SSSR count). The van der Waals surface area contributed by atoms with E-state index in [-0.39, 0.29) is 17.9 Å². The first-order valence-corrected chi connectivity index (χ1v) is 4.48. The van der Waals surface area contributed by atoms with Gasteiger partial charge in [-0.05, 0) is 12.1 Å². The van der Waals surface area contributed by atoms with Crippen molar-refractivity contribution in [2.45, 2.75) is 0 Å². The highest BCUT2D eigenvalue weighted by molar-refractivity contribution is 5.92. The van der Waals surface area contributed by atoms with Crippen LogP contribution >= 0.6 is 0 Å². The third-order valence-electron chi connectivity index (χ3n) is 1.81. The van der Waals surface area contributed by atoms with E-state index in [9.17, 15) is 9.59 Å². The molecule has 0 radical (unpaired) electrons. The van der Waals surface area contributed by atoms with Crippen molar-refractivity contribution in [2.75, 3.05) is 13.7 Å². The maximum absolute atomic E-state index is 11.3. The molecule has 86 valence electrons. The Balaban J connectivity index is 2.79. The molecule has 6 nitrogen and oxygen atoms in total. The van der Waals surface area contributed by atoms with Gasteiger partial charge in [-0.25, -0.2) is 10.6 Å². The number of esters is 1. The fraction of sp³-hybridized carbons (Fsp3) is 0.200. The lowest BCUT2D eigenvalue weighted by molar-refractivity contribution is -0.123. The van der Waals surface area contributed by atoms with Gasteiger partial charge in [0.25, 0.3) is 5.91 Å². The average Bonchev–Trinajstić information content (AvgIpc) is 2.35. The Morgan fingerprint density at radius 3 is 2.69 bits per heavy atom. The molecule has 0 aliphatic rings. The Hall–Kier alpha value is -2.08. The number of ether oxygens (including phenoxy) is 2. The first-order chi connectivity index (χ1) is 7.69. The number of hydrogen-bond donors (Lipinski definition) is 2. The molecule has 0 spiro atoms. The monoisotopic (exact) mass is 224 g/mol. The minimum Gasteiger partial charge on any atom is -0.483 e. The molecule has 0 heterocycles. The number of hydrazine groups is 1. The zero-order valence-corrected chi connectivity index (χ0v) is 8.73. The van der Waals surface area contributed by atoms with Crippen molar-refractivity contribution in [3.63, 3.8) is 0 Å². The normalized spacial score (nSPS) is 9.38. The molecular formula is C10H12N2O4. The van der Waals surface area contributed by atoms with Gasteiger partial charge >= 0.3 is 5.97 Å². The lowest BCUT2D eigenvalue weighted by Crippen LogP contribution is -2.34. The van der Waals surface area contributed by atoms with Crippen LogP contribution in [-0.2, 0) is 9.53 Å². The molecule has 0 aliphatic heterocycles. The SMILES string of the molecule is COC(=O)c1ccccc1OCC(=O)NN. The Bertz CT molecular complexity index is 392. The average molecular weight is 224 g/mol. The second-order valence-corrected chi connectivity index (χ2v) is 2.84. The second kappa shape index (κ2) is 5.72. The summed E-state index contributed by atoms with van der Waals surface area (Å²) in [5, 5.41) is 0. The Labute approximate surface area is 92.3 Å². The van der Waals surface area contributed by atoms with Crippen molar-refractivity contribution < 1.29 is 19.1 Å². The van der Waals surface area contributed by atoms with E-state index in [0.29, 0.717) is 0 Å². The molecule has 3 N–H and O–H groups in total. The molecular weight excluding hydrogens is 212 g/mol. The van der Waals surface area contributed by atoms with Crippen LogP contribution in [0.4, 0.5) is 0 Å². The van der Waals surface area contributed by atoms with Crippen LogP contribution in [0.15, 0.2) is 24.3 Å². The minimum absolute atomic E-state index is 0.259. The largest absolute Gasteiger partial charge is 0.483 e. The van der Waals surface area contributed by atoms with Crippen LogP contribution < -0.4 is 16.0 Å². The number of methoxy groups -OCH3 is 1. The van der Waals surface area contributed by atoms with Crippen LogP contribution in [-0.4, -0.2) is 25.6 Å². The molecule has 0 saturated heterocycles. The number of amides is 1. The van der Waals surface area contributed by atoms with E-state index in [1.54, 1.807) is 24.3 Å². The standard InChI is InChI=1S/C10H12N2O4/c1-15-10(14)7-4-2-3-5-8(7)16-6-9(13)12-11/h2-5H,6,11H2,1H3,(H,12,13). The zero-order valence-electron chi connectivity index (χ0n) is 8.73. The van der Waals surface area contributed by atoms with Crippen LogP contribution in [0.2, 0.25) is 0 Å². The molecule has 1 aromatic carbocycles. The molecule has 0 aliphatic carbocycles. The summed E-state index contributed by atoms with van der Waals surface area (Å²) in [6.07, 6.45) is 0. The third kappa shape index (κ3) is 2.96. The van der Waals surface area contributed by atoms with Crippen molar-refractivity contribution in [1.29, 1.82) is 0 Å². The molecule has 0 saturated carbocycles. The fourth-order valence-electron chi connectivity index (χ4n) is 1.06. The third-order valence-corrected chi connectivity index (χ3v) is 1.81. The van der Waals surface area contributed by atoms with E-state index in [2.05, 4.69) is 4.74 Å². The van der Waals surface area contributed by atoms with Gasteiger partial charge in [-0.3, -0.25) is 10.2 Å². The first kappa shape index (κ1) is 12.0. The number of carbonyl (C=O) groups is 2. The van der Waals surface area contributed by atoms with Gasteiger partial charge in [-0.15, -0.1) is 0 Å². The van der Waals surface area contributed by atoms with E-state index >= 15 is 0 Å². The predicted octanol–water partition coefficient (Wildman–Crippen LogP) is -0.158. The number of para-hydroxylation sites is 1. The summed E-state index contributed by atoms with van der Waals surface area (Å²) in [5.74, 6) is 4.15. The molecule has 0 atom stereocenters. The molecule has 1 aromatic rings. The van der Waals surface area contributed by atoms with Crippen molar-refractivity contribution in [2.24, 2.45) is 5.84 Å². The highest BCUT2D eigenvalue weighted by Crippen LogP contribution is 2.18. The van der Waals surface area contributed by atoms with Gasteiger partial charge in [0, 0.05) is 0 Å². The number of benzene rings is 1. The fourth-order valence-corrected chi connectivity index (χ4v) is 1.06. The highest BCUT2D eigenvalue weighted by atomic mass is 16.5. The van der Waals surface area contributed by atoms with Gasteiger partial charge < -0.3 is 9.47 Å². The molecule has 0 unspecified atom stereocenters. The van der Waals surface area contributed by atoms with E-state index < -0.39 is 11.9 Å².